The second kappa shape index (κ2) is 3.35. The molecule has 0 radical (unpaired) electrons. The Morgan fingerprint density at radius 1 is 1.00 bits per heavy atom. The molecule has 1 aromatic heterocycles. The number of ether oxygens (including phenoxy) is 2. The van der Waals surface area contributed by atoms with Gasteiger partial charge in [0.05, 0.1) is 15.2 Å². The molecule has 3 rings (SSSR count). The van der Waals surface area contributed by atoms with Crippen molar-refractivity contribution in [3.63, 3.8) is 0 Å². The van der Waals surface area contributed by atoms with Gasteiger partial charge in [0.25, 0.3) is 0 Å². The molecule has 0 aliphatic carbocycles. The van der Waals surface area contributed by atoms with E-state index in [0.29, 0.717) is 13.2 Å². The van der Waals surface area contributed by atoms with Crippen molar-refractivity contribution in [2.45, 2.75) is 20.8 Å². The molecule has 2 aromatic rings. The average molecular weight is 235 g/mol. The smallest absolute Gasteiger partial charge is 0.166 e. The summed E-state index contributed by atoms with van der Waals surface area (Å²) in [6.45, 7) is 7.42. The third-order valence-corrected chi connectivity index (χ3v) is 3.98. The molecule has 1 aliphatic heterocycles. The first kappa shape index (κ1) is 9.90. The minimum Gasteiger partial charge on any atom is -0.486 e. The minimum absolute atomic E-state index is 0.627. The van der Waals surface area contributed by atoms with Gasteiger partial charge >= 0.3 is 0 Å². The maximum absolute atomic E-state index is 5.71. The Labute approximate surface area is 98.0 Å². The van der Waals surface area contributed by atoms with E-state index in [2.05, 4.69) is 18.8 Å². The number of hydrogen-bond acceptors (Lipinski definition) is 4. The lowest BCUT2D eigenvalue weighted by atomic mass is 10.1. The Morgan fingerprint density at radius 3 is 2.31 bits per heavy atom. The van der Waals surface area contributed by atoms with Crippen LogP contribution in [-0.4, -0.2) is 18.2 Å². The van der Waals surface area contributed by atoms with Gasteiger partial charge in [0.1, 0.15) is 13.2 Å². The topological polar surface area (TPSA) is 31.4 Å². The molecule has 0 unspecified atom stereocenters. The number of benzene rings is 1. The van der Waals surface area contributed by atoms with Crippen molar-refractivity contribution in [3.05, 3.63) is 16.1 Å². The van der Waals surface area contributed by atoms with Gasteiger partial charge in [-0.15, -0.1) is 11.3 Å². The predicted molar refractivity (Wildman–Crippen MR) is 64.8 cm³/mol. The fourth-order valence-corrected chi connectivity index (χ4v) is 3.10. The fraction of sp³-hybridized carbons (Fsp3) is 0.417. The average Bonchev–Trinajstić information content (AvgIpc) is 2.68. The molecule has 0 N–H and O–H groups in total. The van der Waals surface area contributed by atoms with Gasteiger partial charge in [-0.05, 0) is 20.8 Å². The van der Waals surface area contributed by atoms with Crippen molar-refractivity contribution in [3.8, 4) is 11.5 Å². The molecule has 1 aromatic carbocycles. The van der Waals surface area contributed by atoms with Crippen molar-refractivity contribution < 1.29 is 9.47 Å². The first-order valence-electron chi connectivity index (χ1n) is 5.34. The van der Waals surface area contributed by atoms with Gasteiger partial charge in [-0.2, -0.15) is 0 Å². The summed E-state index contributed by atoms with van der Waals surface area (Å²) in [5.41, 5.74) is 3.31. The lowest BCUT2D eigenvalue weighted by Gasteiger charge is -2.22. The summed E-state index contributed by atoms with van der Waals surface area (Å²) < 4.78 is 12.6. The molecule has 0 spiro atoms. The number of thiazole rings is 1. The number of aromatic nitrogens is 1. The molecular formula is C12H13NO2S. The minimum atomic E-state index is 0.627. The molecule has 0 amide bonds. The Morgan fingerprint density at radius 2 is 1.62 bits per heavy atom. The summed E-state index contributed by atoms with van der Waals surface area (Å²) in [6.07, 6.45) is 0. The highest BCUT2D eigenvalue weighted by Gasteiger charge is 2.22. The van der Waals surface area contributed by atoms with Crippen LogP contribution in [0.1, 0.15) is 16.1 Å². The first-order chi connectivity index (χ1) is 7.68. The molecule has 0 fully saturated rings. The van der Waals surface area contributed by atoms with Gasteiger partial charge in [0, 0.05) is 11.1 Å². The molecule has 1 aliphatic rings. The van der Waals surface area contributed by atoms with E-state index in [4.69, 9.17) is 9.47 Å². The predicted octanol–water partition coefficient (Wildman–Crippen LogP) is 2.99. The molecule has 84 valence electrons. The van der Waals surface area contributed by atoms with Gasteiger partial charge in [0.2, 0.25) is 0 Å². The van der Waals surface area contributed by atoms with Gasteiger partial charge in [-0.3, -0.25) is 0 Å². The van der Waals surface area contributed by atoms with E-state index in [1.54, 1.807) is 11.3 Å². The number of aryl methyl sites for hydroxylation is 3. The fourth-order valence-electron chi connectivity index (χ4n) is 2.12. The van der Waals surface area contributed by atoms with Gasteiger partial charge < -0.3 is 9.47 Å². The summed E-state index contributed by atoms with van der Waals surface area (Å²) in [5, 5.41) is 1.09. The van der Waals surface area contributed by atoms with Crippen molar-refractivity contribution >= 4 is 21.6 Å². The van der Waals surface area contributed by atoms with Crippen LogP contribution in [0, 0.1) is 20.8 Å². The third kappa shape index (κ3) is 1.23. The molecule has 0 saturated carbocycles. The van der Waals surface area contributed by atoms with Crippen LogP contribution in [0.25, 0.3) is 10.2 Å². The molecule has 0 bridgehead atoms. The second-order valence-electron chi connectivity index (χ2n) is 4.02. The molecule has 2 heterocycles. The Hall–Kier alpha value is -1.29. The molecule has 4 heteroatoms. The van der Waals surface area contributed by atoms with Crippen molar-refractivity contribution in [1.82, 2.24) is 4.98 Å². The van der Waals surface area contributed by atoms with E-state index >= 15 is 0 Å². The largest absolute Gasteiger partial charge is 0.486 e. The highest BCUT2D eigenvalue weighted by Crippen LogP contribution is 2.43. The maximum atomic E-state index is 5.71. The number of rotatable bonds is 0. The number of hydrogen-bond donors (Lipinski definition) is 0. The molecule has 0 atom stereocenters. The number of fused-ring (bicyclic) bond motifs is 2. The Balaban J connectivity index is 2.43. The van der Waals surface area contributed by atoms with E-state index < -0.39 is 0 Å². The van der Waals surface area contributed by atoms with Crippen LogP contribution in [0.3, 0.4) is 0 Å². The van der Waals surface area contributed by atoms with Crippen LogP contribution in [0.15, 0.2) is 0 Å². The molecule has 0 saturated heterocycles. The van der Waals surface area contributed by atoms with Crippen LogP contribution >= 0.6 is 11.3 Å². The first-order valence-corrected chi connectivity index (χ1v) is 6.16. The zero-order valence-electron chi connectivity index (χ0n) is 9.59. The molecule has 16 heavy (non-hydrogen) atoms. The van der Waals surface area contributed by atoms with E-state index in [-0.39, 0.29) is 0 Å². The van der Waals surface area contributed by atoms with E-state index in [0.717, 1.165) is 33.2 Å². The van der Waals surface area contributed by atoms with E-state index in [1.165, 1.54) is 4.70 Å². The second-order valence-corrected chi connectivity index (χ2v) is 5.22. The van der Waals surface area contributed by atoms with Crippen LogP contribution in [0.5, 0.6) is 11.5 Å². The van der Waals surface area contributed by atoms with Crippen LogP contribution in [0.4, 0.5) is 0 Å². The lowest BCUT2D eigenvalue weighted by molar-refractivity contribution is 0.170. The van der Waals surface area contributed by atoms with Gasteiger partial charge in [-0.25, -0.2) is 4.98 Å². The lowest BCUT2D eigenvalue weighted by Crippen LogP contribution is -2.17. The Bertz CT molecular complexity index is 525. The van der Waals surface area contributed by atoms with Crippen LogP contribution in [-0.2, 0) is 0 Å². The van der Waals surface area contributed by atoms with Crippen molar-refractivity contribution in [2.24, 2.45) is 0 Å². The van der Waals surface area contributed by atoms with Crippen LogP contribution in [0.2, 0.25) is 0 Å². The van der Waals surface area contributed by atoms with Crippen LogP contribution < -0.4 is 9.47 Å². The van der Waals surface area contributed by atoms with Crippen molar-refractivity contribution in [2.75, 3.05) is 13.2 Å². The summed E-state index contributed by atoms with van der Waals surface area (Å²) in [4.78, 5) is 4.56. The van der Waals surface area contributed by atoms with Gasteiger partial charge in [0.15, 0.2) is 11.5 Å². The number of nitrogens with zero attached hydrogens (tertiary/aromatic N) is 1. The van der Waals surface area contributed by atoms with E-state index in [1.807, 2.05) is 6.92 Å². The van der Waals surface area contributed by atoms with E-state index in [9.17, 15) is 0 Å². The quantitative estimate of drug-likeness (QED) is 0.703. The Kier molecular flexibility index (Phi) is 2.07. The SMILES string of the molecule is Cc1nc2c(C)c3c(c(C)c2s1)OCCO3. The third-order valence-electron chi connectivity index (χ3n) is 2.89. The highest BCUT2D eigenvalue weighted by atomic mass is 32.1. The molecular weight excluding hydrogens is 222 g/mol. The summed E-state index contributed by atoms with van der Waals surface area (Å²) in [5.74, 6) is 1.78. The molecule has 3 nitrogen and oxygen atoms in total. The maximum Gasteiger partial charge on any atom is 0.166 e. The summed E-state index contributed by atoms with van der Waals surface area (Å²) in [6, 6.07) is 0. The summed E-state index contributed by atoms with van der Waals surface area (Å²) in [7, 11) is 0. The normalized spacial score (nSPS) is 14.4. The van der Waals surface area contributed by atoms with Crippen molar-refractivity contribution in [1.29, 1.82) is 0 Å². The zero-order valence-corrected chi connectivity index (χ0v) is 10.4. The standard InChI is InChI=1S/C12H13NO2S/c1-6-9-12(16-8(3)13-9)7(2)11-10(6)14-4-5-15-11/h4-5H2,1-3H3. The zero-order chi connectivity index (χ0) is 11.3. The summed E-state index contributed by atoms with van der Waals surface area (Å²) >= 11 is 1.72. The highest BCUT2D eigenvalue weighted by molar-refractivity contribution is 7.18. The monoisotopic (exact) mass is 235 g/mol. The van der Waals surface area contributed by atoms with Gasteiger partial charge in [-0.1, -0.05) is 0 Å².